The van der Waals surface area contributed by atoms with Crippen LogP contribution in [0.25, 0.3) is 0 Å². The first-order chi connectivity index (χ1) is 5.70. The lowest BCUT2D eigenvalue weighted by Gasteiger charge is -2.01. The van der Waals surface area contributed by atoms with Gasteiger partial charge in [0.1, 0.15) is 5.78 Å². The van der Waals surface area contributed by atoms with Gasteiger partial charge in [0, 0.05) is 11.3 Å². The molecule has 0 aromatic heterocycles. The highest BCUT2D eigenvalue weighted by Crippen LogP contribution is 2.14. The number of ketones is 1. The van der Waals surface area contributed by atoms with Crippen molar-refractivity contribution in [1.29, 1.82) is 0 Å². The van der Waals surface area contributed by atoms with Gasteiger partial charge in [-0.25, -0.2) is 0 Å². The second-order valence-corrected chi connectivity index (χ2v) is 3.31. The molecule has 0 heterocycles. The van der Waals surface area contributed by atoms with Crippen molar-refractivity contribution >= 4 is 18.4 Å². The number of hydrogen-bond acceptors (Lipinski definition) is 2. The van der Waals surface area contributed by atoms with Gasteiger partial charge in [0.15, 0.2) is 0 Å². The molecule has 1 aromatic rings. The van der Waals surface area contributed by atoms with Crippen molar-refractivity contribution in [3.8, 4) is 0 Å². The molecule has 0 unspecified atom stereocenters. The normalized spacial score (nSPS) is 9.83. The van der Waals surface area contributed by atoms with Gasteiger partial charge in [-0.3, -0.25) is 0 Å². The van der Waals surface area contributed by atoms with E-state index in [-0.39, 0.29) is 5.78 Å². The molecule has 0 N–H and O–H groups in total. The van der Waals surface area contributed by atoms with E-state index in [0.717, 1.165) is 16.9 Å². The predicted octanol–water partition coefficient (Wildman–Crippen LogP) is 2.50. The maximum absolute atomic E-state index is 10.7. The van der Waals surface area contributed by atoms with Gasteiger partial charge in [0.2, 0.25) is 0 Å². The van der Waals surface area contributed by atoms with Crippen LogP contribution in [0.3, 0.4) is 0 Å². The van der Waals surface area contributed by atoms with Crippen LogP contribution in [0.1, 0.15) is 18.9 Å². The summed E-state index contributed by atoms with van der Waals surface area (Å²) in [5, 5.41) is 0. The van der Waals surface area contributed by atoms with Crippen molar-refractivity contribution in [2.45, 2.75) is 24.7 Å². The fraction of sp³-hybridized carbons (Fsp3) is 0.300. The summed E-state index contributed by atoms with van der Waals surface area (Å²) in [7, 11) is 0. The summed E-state index contributed by atoms with van der Waals surface area (Å²) in [5.41, 5.74) is 1.15. The largest absolute Gasteiger partial charge is 0.300 e. The van der Waals surface area contributed by atoms with Gasteiger partial charge in [-0.15, -0.1) is 12.6 Å². The number of thiol groups is 1. The maximum Gasteiger partial charge on any atom is 0.130 e. The fourth-order valence-corrected chi connectivity index (χ4v) is 1.31. The SMILES string of the molecule is CC(=O)CCc1ccccc1S. The van der Waals surface area contributed by atoms with Gasteiger partial charge in [-0.05, 0) is 25.0 Å². The van der Waals surface area contributed by atoms with Gasteiger partial charge in [0.05, 0.1) is 0 Å². The fourth-order valence-electron chi connectivity index (χ4n) is 1.03. The number of aryl methyl sites for hydroxylation is 1. The summed E-state index contributed by atoms with van der Waals surface area (Å²) in [6.07, 6.45) is 1.41. The first-order valence-corrected chi connectivity index (χ1v) is 4.41. The Hall–Kier alpha value is -0.760. The van der Waals surface area contributed by atoms with Gasteiger partial charge in [-0.1, -0.05) is 18.2 Å². The molecule has 0 aliphatic heterocycles. The zero-order valence-electron chi connectivity index (χ0n) is 7.08. The number of rotatable bonds is 3. The quantitative estimate of drug-likeness (QED) is 0.707. The van der Waals surface area contributed by atoms with Crippen LogP contribution in [0.4, 0.5) is 0 Å². The van der Waals surface area contributed by atoms with E-state index in [9.17, 15) is 4.79 Å². The molecule has 1 rings (SSSR count). The van der Waals surface area contributed by atoms with Crippen molar-refractivity contribution in [2.75, 3.05) is 0 Å². The molecule has 0 bridgehead atoms. The van der Waals surface area contributed by atoms with Crippen molar-refractivity contribution in [3.63, 3.8) is 0 Å². The van der Waals surface area contributed by atoms with Gasteiger partial charge in [0.25, 0.3) is 0 Å². The molecule has 64 valence electrons. The Morgan fingerprint density at radius 2 is 2.08 bits per heavy atom. The van der Waals surface area contributed by atoms with Crippen LogP contribution < -0.4 is 0 Å². The molecule has 0 radical (unpaired) electrons. The third-order valence-corrected chi connectivity index (χ3v) is 2.17. The molecule has 0 saturated carbocycles. The molecular weight excluding hydrogens is 168 g/mol. The lowest BCUT2D eigenvalue weighted by Crippen LogP contribution is -1.94. The summed E-state index contributed by atoms with van der Waals surface area (Å²) in [4.78, 5) is 11.7. The van der Waals surface area contributed by atoms with Crippen molar-refractivity contribution in [3.05, 3.63) is 29.8 Å². The number of carbonyl (C=O) groups is 1. The molecule has 0 amide bonds. The van der Waals surface area contributed by atoms with Gasteiger partial charge < -0.3 is 4.79 Å². The Labute approximate surface area is 78.2 Å². The molecular formula is C10H12OS. The number of hydrogen-bond donors (Lipinski definition) is 1. The van der Waals surface area contributed by atoms with Crippen LogP contribution in [0.5, 0.6) is 0 Å². The Bertz CT molecular complexity index is 281. The highest BCUT2D eigenvalue weighted by molar-refractivity contribution is 7.80. The molecule has 0 spiro atoms. The number of benzene rings is 1. The zero-order chi connectivity index (χ0) is 8.97. The van der Waals surface area contributed by atoms with Crippen LogP contribution in [0.15, 0.2) is 29.2 Å². The molecule has 0 aliphatic carbocycles. The van der Waals surface area contributed by atoms with Crippen LogP contribution in [0, 0.1) is 0 Å². The van der Waals surface area contributed by atoms with E-state index in [0.29, 0.717) is 6.42 Å². The van der Waals surface area contributed by atoms with Crippen LogP contribution >= 0.6 is 12.6 Å². The smallest absolute Gasteiger partial charge is 0.130 e. The standard InChI is InChI=1S/C10H12OS/c1-8(11)6-7-9-4-2-3-5-10(9)12/h2-5,12H,6-7H2,1H3. The molecule has 1 aromatic carbocycles. The van der Waals surface area contributed by atoms with Crippen LogP contribution in [0.2, 0.25) is 0 Å². The molecule has 12 heavy (non-hydrogen) atoms. The summed E-state index contributed by atoms with van der Waals surface area (Å²) in [6.45, 7) is 1.61. The topological polar surface area (TPSA) is 17.1 Å². The lowest BCUT2D eigenvalue weighted by molar-refractivity contribution is -0.116. The summed E-state index contributed by atoms with van der Waals surface area (Å²) < 4.78 is 0. The monoisotopic (exact) mass is 180 g/mol. The van der Waals surface area contributed by atoms with E-state index in [1.54, 1.807) is 6.92 Å². The molecule has 0 aliphatic rings. The van der Waals surface area contributed by atoms with Gasteiger partial charge >= 0.3 is 0 Å². The van der Waals surface area contributed by atoms with E-state index in [1.165, 1.54) is 0 Å². The second kappa shape index (κ2) is 4.31. The third-order valence-electron chi connectivity index (χ3n) is 1.74. The minimum atomic E-state index is 0.228. The molecule has 0 fully saturated rings. The van der Waals surface area contributed by atoms with Crippen LogP contribution in [-0.2, 0) is 11.2 Å². The van der Waals surface area contributed by atoms with E-state index in [4.69, 9.17) is 0 Å². The van der Waals surface area contributed by atoms with Crippen molar-refractivity contribution in [2.24, 2.45) is 0 Å². The molecule has 1 nitrogen and oxygen atoms in total. The summed E-state index contributed by atoms with van der Waals surface area (Å²) in [6, 6.07) is 7.86. The molecule has 0 saturated heterocycles. The van der Waals surface area contributed by atoms with Crippen LogP contribution in [-0.4, -0.2) is 5.78 Å². The van der Waals surface area contributed by atoms with E-state index >= 15 is 0 Å². The van der Waals surface area contributed by atoms with Gasteiger partial charge in [-0.2, -0.15) is 0 Å². The summed E-state index contributed by atoms with van der Waals surface area (Å²) >= 11 is 4.29. The third kappa shape index (κ3) is 2.70. The molecule has 0 atom stereocenters. The Balaban J connectivity index is 2.63. The van der Waals surface area contributed by atoms with E-state index in [1.807, 2.05) is 24.3 Å². The highest BCUT2D eigenvalue weighted by atomic mass is 32.1. The minimum absolute atomic E-state index is 0.228. The van der Waals surface area contributed by atoms with Crippen molar-refractivity contribution < 1.29 is 4.79 Å². The molecule has 2 heteroatoms. The van der Waals surface area contributed by atoms with Crippen molar-refractivity contribution in [1.82, 2.24) is 0 Å². The number of carbonyl (C=O) groups excluding carboxylic acids is 1. The average Bonchev–Trinajstić information content (AvgIpc) is 2.03. The maximum atomic E-state index is 10.7. The first-order valence-electron chi connectivity index (χ1n) is 3.96. The summed E-state index contributed by atoms with van der Waals surface area (Å²) in [5.74, 6) is 0.228. The minimum Gasteiger partial charge on any atom is -0.300 e. The van der Waals surface area contributed by atoms with E-state index in [2.05, 4.69) is 12.6 Å². The second-order valence-electron chi connectivity index (χ2n) is 2.83. The average molecular weight is 180 g/mol. The highest BCUT2D eigenvalue weighted by Gasteiger charge is 1.99. The number of Topliss-reactive ketones (excluding diaryl/α,β-unsaturated/α-hetero) is 1. The Morgan fingerprint density at radius 1 is 1.42 bits per heavy atom. The lowest BCUT2D eigenvalue weighted by atomic mass is 10.1. The Morgan fingerprint density at radius 3 is 2.67 bits per heavy atom. The zero-order valence-corrected chi connectivity index (χ0v) is 7.97. The Kier molecular flexibility index (Phi) is 3.35. The van der Waals surface area contributed by atoms with E-state index < -0.39 is 0 Å². The first kappa shape index (κ1) is 9.33. The predicted molar refractivity (Wildman–Crippen MR) is 52.7 cm³/mol.